The van der Waals surface area contributed by atoms with Crippen molar-refractivity contribution < 1.29 is 14.2 Å². The lowest BCUT2D eigenvalue weighted by Crippen LogP contribution is -2.35. The van der Waals surface area contributed by atoms with E-state index in [2.05, 4.69) is 33.1 Å². The van der Waals surface area contributed by atoms with Gasteiger partial charge in [0.25, 0.3) is 0 Å². The van der Waals surface area contributed by atoms with Crippen molar-refractivity contribution in [2.24, 2.45) is 0 Å². The molecule has 8 nitrogen and oxygen atoms in total. The number of fused-ring (bicyclic) bond motifs is 1. The minimum absolute atomic E-state index is 0.0843. The van der Waals surface area contributed by atoms with Gasteiger partial charge in [-0.3, -0.25) is 0 Å². The summed E-state index contributed by atoms with van der Waals surface area (Å²) in [4.78, 5) is 15.2. The lowest BCUT2D eigenvalue weighted by molar-refractivity contribution is 0.0254. The summed E-state index contributed by atoms with van der Waals surface area (Å²) in [6, 6.07) is 10.1. The van der Waals surface area contributed by atoms with E-state index in [1.165, 1.54) is 11.3 Å². The van der Waals surface area contributed by atoms with E-state index in [9.17, 15) is 5.26 Å². The average Bonchev–Trinajstić information content (AvgIpc) is 3.39. The molecule has 1 N–H and O–H groups in total. The Bertz CT molecular complexity index is 1360. The number of hydrogen-bond donors (Lipinski definition) is 1. The molecule has 3 aromatic rings. The maximum atomic E-state index is 9.81. The summed E-state index contributed by atoms with van der Waals surface area (Å²) in [6.07, 6.45) is 9.83. The Morgan fingerprint density at radius 2 is 1.86 bits per heavy atom. The number of hydrogen-bond acceptors (Lipinski definition) is 7. The Kier molecular flexibility index (Phi) is 6.41. The number of ether oxygens (including phenoxy) is 3. The van der Waals surface area contributed by atoms with Crippen molar-refractivity contribution in [3.8, 4) is 22.9 Å². The molecule has 6 rings (SSSR count). The van der Waals surface area contributed by atoms with Gasteiger partial charge in [0.15, 0.2) is 5.65 Å². The molecule has 2 aromatic heterocycles. The number of benzene rings is 1. The van der Waals surface area contributed by atoms with Crippen LogP contribution >= 0.6 is 0 Å². The van der Waals surface area contributed by atoms with Gasteiger partial charge in [-0.05, 0) is 48.3 Å². The van der Waals surface area contributed by atoms with Crippen LogP contribution in [-0.2, 0) is 9.47 Å². The third-order valence-electron chi connectivity index (χ3n) is 7.11. The van der Waals surface area contributed by atoms with Gasteiger partial charge in [0, 0.05) is 43.4 Å². The predicted octanol–water partition coefficient (Wildman–Crippen LogP) is 4.45. The minimum atomic E-state index is 0.0843. The summed E-state index contributed by atoms with van der Waals surface area (Å²) in [6.45, 7) is 4.89. The fourth-order valence-electron chi connectivity index (χ4n) is 5.10. The molecule has 0 radical (unpaired) electrons. The Morgan fingerprint density at radius 3 is 2.64 bits per heavy atom. The van der Waals surface area contributed by atoms with Crippen LogP contribution in [0.1, 0.15) is 37.1 Å². The van der Waals surface area contributed by atoms with Crippen LogP contribution in [0.15, 0.2) is 48.3 Å². The average molecular weight is 484 g/mol. The number of aromatic nitrogens is 3. The largest absolute Gasteiger partial charge is 0.489 e. The van der Waals surface area contributed by atoms with E-state index in [0.717, 1.165) is 74.5 Å². The molecule has 4 heterocycles. The molecule has 0 unspecified atom stereocenters. The Balaban J connectivity index is 1.27. The van der Waals surface area contributed by atoms with Crippen molar-refractivity contribution in [1.29, 1.82) is 5.26 Å². The van der Waals surface area contributed by atoms with E-state index >= 15 is 0 Å². The number of pyridine rings is 1. The first-order valence-electron chi connectivity index (χ1n) is 12.6. The molecule has 184 valence electrons. The molecule has 36 heavy (non-hydrogen) atoms. The number of imidazole rings is 1. The predicted molar refractivity (Wildman–Crippen MR) is 136 cm³/mol. The van der Waals surface area contributed by atoms with E-state index in [4.69, 9.17) is 19.2 Å². The molecule has 0 saturated carbocycles. The number of H-pyrrole nitrogens is 1. The van der Waals surface area contributed by atoms with Gasteiger partial charge in [-0.15, -0.1) is 0 Å². The number of rotatable bonds is 5. The van der Waals surface area contributed by atoms with Gasteiger partial charge in [0.1, 0.15) is 23.7 Å². The third kappa shape index (κ3) is 4.60. The Labute approximate surface area is 210 Å². The van der Waals surface area contributed by atoms with Crippen LogP contribution in [0, 0.1) is 11.3 Å². The molecule has 2 aliphatic heterocycles. The highest BCUT2D eigenvalue weighted by Gasteiger charge is 2.20. The summed E-state index contributed by atoms with van der Waals surface area (Å²) in [7, 11) is 0. The van der Waals surface area contributed by atoms with E-state index in [1.54, 1.807) is 6.20 Å². The lowest BCUT2D eigenvalue weighted by atomic mass is 10.0. The number of morpholine rings is 1. The molecule has 0 spiro atoms. The molecule has 2 saturated heterocycles. The lowest BCUT2D eigenvalue weighted by Gasteiger charge is -2.32. The third-order valence-corrected chi connectivity index (χ3v) is 7.11. The molecule has 0 atom stereocenters. The smallest absolute Gasteiger partial charge is 0.178 e. The van der Waals surface area contributed by atoms with E-state index < -0.39 is 0 Å². The molecule has 0 amide bonds. The van der Waals surface area contributed by atoms with Crippen molar-refractivity contribution in [1.82, 2.24) is 19.9 Å². The van der Waals surface area contributed by atoms with Gasteiger partial charge >= 0.3 is 0 Å². The van der Waals surface area contributed by atoms with Gasteiger partial charge in [0.05, 0.1) is 37.5 Å². The number of nitrogens with one attached hydrogen (secondary N) is 1. The molecule has 0 bridgehead atoms. The van der Waals surface area contributed by atoms with Gasteiger partial charge in [0.2, 0.25) is 0 Å². The molecular formula is C28H29N5O3. The standard InChI is InChI=1S/C28H29N5O3/c29-18-21-17-20(3-6-25(21)36-23-8-13-34-14-9-23)24-7-10-30-28-26(24)31-27(32-28)19-1-4-22(5-2-19)33-11-15-35-16-12-33/h1,3-4,6-7,10,17,23H,2,5,8-9,11-16H2,(H,30,31,32). The zero-order valence-electron chi connectivity index (χ0n) is 20.2. The second-order valence-electron chi connectivity index (χ2n) is 9.34. The molecule has 3 aliphatic rings. The zero-order valence-corrected chi connectivity index (χ0v) is 20.2. The number of aromatic amines is 1. The molecular weight excluding hydrogens is 454 g/mol. The number of allylic oxidation sites excluding steroid dienone is 4. The first-order chi connectivity index (χ1) is 17.8. The molecule has 8 heteroatoms. The second kappa shape index (κ2) is 10.1. The molecule has 2 fully saturated rings. The van der Waals surface area contributed by atoms with Crippen molar-refractivity contribution in [3.05, 3.63) is 59.7 Å². The van der Waals surface area contributed by atoms with Crippen molar-refractivity contribution >= 4 is 16.7 Å². The van der Waals surface area contributed by atoms with E-state index in [1.807, 2.05) is 24.3 Å². The van der Waals surface area contributed by atoms with Crippen LogP contribution in [0.5, 0.6) is 5.75 Å². The van der Waals surface area contributed by atoms with Crippen molar-refractivity contribution in [2.45, 2.75) is 31.8 Å². The van der Waals surface area contributed by atoms with E-state index in [-0.39, 0.29) is 6.10 Å². The monoisotopic (exact) mass is 483 g/mol. The van der Waals surface area contributed by atoms with Crippen molar-refractivity contribution in [3.63, 3.8) is 0 Å². The quantitative estimate of drug-likeness (QED) is 0.573. The maximum absolute atomic E-state index is 9.81. The Hall–Kier alpha value is -3.67. The second-order valence-corrected chi connectivity index (χ2v) is 9.34. The highest BCUT2D eigenvalue weighted by molar-refractivity contribution is 5.91. The van der Waals surface area contributed by atoms with Crippen molar-refractivity contribution in [2.75, 3.05) is 39.5 Å². The van der Waals surface area contributed by atoms with Crippen LogP contribution in [0.3, 0.4) is 0 Å². The zero-order chi connectivity index (χ0) is 24.3. The van der Waals surface area contributed by atoms with Crippen LogP contribution in [0.2, 0.25) is 0 Å². The first kappa shape index (κ1) is 22.8. The summed E-state index contributed by atoms with van der Waals surface area (Å²) < 4.78 is 17.0. The van der Waals surface area contributed by atoms with Gasteiger partial charge in [-0.1, -0.05) is 12.1 Å². The van der Waals surface area contributed by atoms with Gasteiger partial charge < -0.3 is 24.1 Å². The Morgan fingerprint density at radius 1 is 1.03 bits per heavy atom. The highest BCUT2D eigenvalue weighted by atomic mass is 16.5. The topological polar surface area (TPSA) is 96.3 Å². The first-order valence-corrected chi connectivity index (χ1v) is 12.6. The highest BCUT2D eigenvalue weighted by Crippen LogP contribution is 2.33. The van der Waals surface area contributed by atoms with Gasteiger partial charge in [-0.25, -0.2) is 9.97 Å². The fraction of sp³-hybridized carbons (Fsp3) is 0.393. The van der Waals surface area contributed by atoms with E-state index in [0.29, 0.717) is 30.2 Å². The number of nitriles is 1. The normalized spacial score (nSPS) is 19.0. The molecule has 1 aliphatic carbocycles. The van der Waals surface area contributed by atoms with Crippen LogP contribution < -0.4 is 4.74 Å². The summed E-state index contributed by atoms with van der Waals surface area (Å²) in [5.74, 6) is 1.47. The fourth-order valence-corrected chi connectivity index (χ4v) is 5.10. The minimum Gasteiger partial charge on any atom is -0.489 e. The molecule has 1 aromatic carbocycles. The van der Waals surface area contributed by atoms with Crippen LogP contribution in [0.4, 0.5) is 0 Å². The summed E-state index contributed by atoms with van der Waals surface area (Å²) in [5.41, 5.74) is 6.51. The summed E-state index contributed by atoms with van der Waals surface area (Å²) >= 11 is 0. The van der Waals surface area contributed by atoms with Gasteiger partial charge in [-0.2, -0.15) is 5.26 Å². The maximum Gasteiger partial charge on any atom is 0.178 e. The van der Waals surface area contributed by atoms with Crippen LogP contribution in [0.25, 0.3) is 27.9 Å². The van der Waals surface area contributed by atoms with Crippen LogP contribution in [-0.4, -0.2) is 65.5 Å². The SMILES string of the molecule is N#Cc1cc(-c2ccnc3nc(C4=CC=C(N5CCOCC5)CC4)[nH]c23)ccc1OC1CCOCC1. The number of nitrogens with zero attached hydrogens (tertiary/aromatic N) is 4. The summed E-state index contributed by atoms with van der Waals surface area (Å²) in [5, 5.41) is 9.81.